The topological polar surface area (TPSA) is 53.2 Å². The highest BCUT2D eigenvalue weighted by Gasteiger charge is 2.09. The van der Waals surface area contributed by atoms with Crippen molar-refractivity contribution in [1.29, 1.82) is 5.26 Å². The molecule has 1 unspecified atom stereocenters. The van der Waals surface area contributed by atoms with E-state index in [0.29, 0.717) is 17.1 Å². The summed E-state index contributed by atoms with van der Waals surface area (Å²) in [5, 5.41) is 18.5. The third kappa shape index (κ3) is 3.14. The molecule has 0 aromatic heterocycles. The molecule has 0 aliphatic rings. The van der Waals surface area contributed by atoms with Gasteiger partial charge in [-0.15, -0.1) is 0 Å². The van der Waals surface area contributed by atoms with Gasteiger partial charge in [-0.3, -0.25) is 0 Å². The number of nitriles is 1. The molecule has 2 rings (SSSR count). The predicted octanol–water partition coefficient (Wildman–Crippen LogP) is 4.17. The molecule has 0 aliphatic heterocycles. The minimum Gasteiger partial charge on any atom is -0.456 e. The summed E-state index contributed by atoms with van der Waals surface area (Å²) in [7, 11) is 0. The van der Waals surface area contributed by atoms with Crippen LogP contribution in [0.3, 0.4) is 0 Å². The Morgan fingerprint density at radius 3 is 2.63 bits per heavy atom. The Hall–Kier alpha value is -1.83. The van der Waals surface area contributed by atoms with Gasteiger partial charge in [0.05, 0.1) is 11.7 Å². The van der Waals surface area contributed by atoms with E-state index in [0.717, 1.165) is 10.0 Å². The molecule has 4 heteroatoms. The van der Waals surface area contributed by atoms with Crippen molar-refractivity contribution >= 4 is 15.9 Å². The van der Waals surface area contributed by atoms with E-state index in [-0.39, 0.29) is 0 Å². The van der Waals surface area contributed by atoms with Crippen LogP contribution in [0.15, 0.2) is 46.9 Å². The minimum atomic E-state index is -0.546. The monoisotopic (exact) mass is 317 g/mol. The van der Waals surface area contributed by atoms with Gasteiger partial charge in [0, 0.05) is 4.47 Å². The first kappa shape index (κ1) is 13.6. The Kier molecular flexibility index (Phi) is 4.20. The molecular formula is C15H12BrNO2. The quantitative estimate of drug-likeness (QED) is 0.924. The van der Waals surface area contributed by atoms with Crippen LogP contribution in [0.5, 0.6) is 11.5 Å². The Balaban J connectivity index is 2.30. The van der Waals surface area contributed by atoms with Crippen LogP contribution in [0.4, 0.5) is 0 Å². The molecule has 0 bridgehead atoms. The number of ether oxygens (including phenoxy) is 1. The third-order valence-corrected chi connectivity index (χ3v) is 3.34. The number of aliphatic hydroxyl groups excluding tert-OH is 1. The molecule has 0 spiro atoms. The number of halogens is 1. The number of nitrogens with zero attached hydrogens (tertiary/aromatic N) is 1. The summed E-state index contributed by atoms with van der Waals surface area (Å²) in [5.74, 6) is 1.13. The van der Waals surface area contributed by atoms with Crippen LogP contribution in [-0.4, -0.2) is 5.11 Å². The first-order valence-electron chi connectivity index (χ1n) is 5.76. The van der Waals surface area contributed by atoms with E-state index in [1.165, 1.54) is 0 Å². The van der Waals surface area contributed by atoms with E-state index in [4.69, 9.17) is 10.00 Å². The molecule has 19 heavy (non-hydrogen) atoms. The fraction of sp³-hybridized carbons (Fsp3) is 0.133. The average molecular weight is 318 g/mol. The number of rotatable bonds is 3. The lowest BCUT2D eigenvalue weighted by atomic mass is 10.1. The van der Waals surface area contributed by atoms with Gasteiger partial charge in [0.2, 0.25) is 0 Å². The normalized spacial score (nSPS) is 11.7. The number of hydrogen-bond acceptors (Lipinski definition) is 3. The number of aliphatic hydroxyl groups is 1. The molecule has 0 fully saturated rings. The van der Waals surface area contributed by atoms with Crippen molar-refractivity contribution in [1.82, 2.24) is 0 Å². The highest BCUT2D eigenvalue weighted by Crippen LogP contribution is 2.31. The van der Waals surface area contributed by atoms with Gasteiger partial charge in [-0.25, -0.2) is 0 Å². The van der Waals surface area contributed by atoms with Gasteiger partial charge in [-0.2, -0.15) is 5.26 Å². The average Bonchev–Trinajstić information content (AvgIpc) is 2.39. The van der Waals surface area contributed by atoms with Gasteiger partial charge < -0.3 is 9.84 Å². The maximum atomic E-state index is 9.55. The lowest BCUT2D eigenvalue weighted by molar-refractivity contribution is 0.198. The molecule has 0 saturated heterocycles. The molecule has 96 valence electrons. The second-order valence-corrected chi connectivity index (χ2v) is 4.92. The van der Waals surface area contributed by atoms with Crippen LogP contribution in [0.2, 0.25) is 0 Å². The van der Waals surface area contributed by atoms with E-state index in [1.54, 1.807) is 43.3 Å². The van der Waals surface area contributed by atoms with Crippen molar-refractivity contribution in [2.75, 3.05) is 0 Å². The molecule has 3 nitrogen and oxygen atoms in total. The van der Waals surface area contributed by atoms with Crippen molar-refractivity contribution in [3.63, 3.8) is 0 Å². The molecule has 0 heterocycles. The Morgan fingerprint density at radius 2 is 2.00 bits per heavy atom. The van der Waals surface area contributed by atoms with E-state index >= 15 is 0 Å². The van der Waals surface area contributed by atoms with Crippen LogP contribution in [0.1, 0.15) is 24.2 Å². The van der Waals surface area contributed by atoms with Gasteiger partial charge in [-0.1, -0.05) is 34.1 Å². The van der Waals surface area contributed by atoms with Gasteiger partial charge in [0.15, 0.2) is 0 Å². The zero-order valence-corrected chi connectivity index (χ0v) is 11.9. The minimum absolute atomic E-state index is 0.484. The maximum absolute atomic E-state index is 9.55. The van der Waals surface area contributed by atoms with Gasteiger partial charge >= 0.3 is 0 Å². The predicted molar refractivity (Wildman–Crippen MR) is 76.0 cm³/mol. The summed E-state index contributed by atoms with van der Waals surface area (Å²) in [5.41, 5.74) is 1.28. The molecule has 1 atom stereocenters. The van der Waals surface area contributed by atoms with Crippen LogP contribution >= 0.6 is 15.9 Å². The van der Waals surface area contributed by atoms with Crippen LogP contribution in [-0.2, 0) is 0 Å². The maximum Gasteiger partial charge on any atom is 0.145 e. The van der Waals surface area contributed by atoms with Crippen molar-refractivity contribution < 1.29 is 9.84 Å². The van der Waals surface area contributed by atoms with E-state index in [9.17, 15) is 5.11 Å². The summed E-state index contributed by atoms with van der Waals surface area (Å²) in [6.45, 7) is 1.70. The molecule has 0 amide bonds. The second-order valence-electron chi connectivity index (χ2n) is 4.07. The first-order chi connectivity index (χ1) is 9.11. The first-order valence-corrected chi connectivity index (χ1v) is 6.55. The fourth-order valence-corrected chi connectivity index (χ4v) is 2.37. The molecule has 0 saturated carbocycles. The Morgan fingerprint density at radius 1 is 1.26 bits per heavy atom. The standard InChI is InChI=1S/C15H12BrNO2/c1-10(18)13-7-6-12(8-14(13)16)19-15-5-3-2-4-11(15)9-17/h2-8,10,18H,1H3. The SMILES string of the molecule is CC(O)c1ccc(Oc2ccccc2C#N)cc1Br. The fourth-order valence-electron chi connectivity index (χ4n) is 1.69. The largest absolute Gasteiger partial charge is 0.456 e. The molecule has 0 radical (unpaired) electrons. The molecule has 2 aromatic rings. The lowest BCUT2D eigenvalue weighted by Gasteiger charge is -2.11. The summed E-state index contributed by atoms with van der Waals surface area (Å²) in [6.07, 6.45) is -0.546. The zero-order valence-electron chi connectivity index (χ0n) is 10.3. The summed E-state index contributed by atoms with van der Waals surface area (Å²) >= 11 is 3.39. The lowest BCUT2D eigenvalue weighted by Crippen LogP contribution is -1.94. The summed E-state index contributed by atoms with van der Waals surface area (Å²) < 4.78 is 6.45. The van der Waals surface area contributed by atoms with Crippen molar-refractivity contribution in [3.05, 3.63) is 58.1 Å². The zero-order chi connectivity index (χ0) is 13.8. The molecule has 2 aromatic carbocycles. The van der Waals surface area contributed by atoms with Crippen molar-refractivity contribution in [3.8, 4) is 17.6 Å². The molecular weight excluding hydrogens is 306 g/mol. The van der Waals surface area contributed by atoms with Crippen LogP contribution in [0.25, 0.3) is 0 Å². The molecule has 1 N–H and O–H groups in total. The highest BCUT2D eigenvalue weighted by atomic mass is 79.9. The Labute approximate surface area is 120 Å². The van der Waals surface area contributed by atoms with Crippen molar-refractivity contribution in [2.24, 2.45) is 0 Å². The third-order valence-electron chi connectivity index (χ3n) is 2.66. The highest BCUT2D eigenvalue weighted by molar-refractivity contribution is 9.10. The second kappa shape index (κ2) is 5.87. The number of benzene rings is 2. The van der Waals surface area contributed by atoms with Crippen molar-refractivity contribution in [2.45, 2.75) is 13.0 Å². The van der Waals surface area contributed by atoms with Gasteiger partial charge in [0.25, 0.3) is 0 Å². The van der Waals surface area contributed by atoms with Gasteiger partial charge in [0.1, 0.15) is 17.6 Å². The van der Waals surface area contributed by atoms with Crippen LogP contribution < -0.4 is 4.74 Å². The van der Waals surface area contributed by atoms with Crippen LogP contribution in [0, 0.1) is 11.3 Å². The summed E-state index contributed by atoms with van der Waals surface area (Å²) in [4.78, 5) is 0. The van der Waals surface area contributed by atoms with E-state index in [1.807, 2.05) is 6.07 Å². The summed E-state index contributed by atoms with van der Waals surface area (Å²) in [6, 6.07) is 14.5. The molecule has 0 aliphatic carbocycles. The van der Waals surface area contributed by atoms with Gasteiger partial charge in [-0.05, 0) is 36.8 Å². The Bertz CT molecular complexity index is 632. The number of hydrogen-bond donors (Lipinski definition) is 1. The van der Waals surface area contributed by atoms with E-state index in [2.05, 4.69) is 22.0 Å². The van der Waals surface area contributed by atoms with E-state index < -0.39 is 6.10 Å². The number of para-hydroxylation sites is 1. The smallest absolute Gasteiger partial charge is 0.145 e.